The average Bonchev–Trinajstić information content (AvgIpc) is 2.35. The molecule has 0 radical (unpaired) electrons. The predicted molar refractivity (Wildman–Crippen MR) is 71.8 cm³/mol. The minimum absolute atomic E-state index is 0.342. The summed E-state index contributed by atoms with van der Waals surface area (Å²) in [4.78, 5) is 39.8. The molecule has 0 spiro atoms. The molecule has 0 aromatic carbocycles. The smallest absolute Gasteiger partial charge is 0.333 e. The maximum atomic E-state index is 11.4. The molecule has 8 heteroatoms. The van der Waals surface area contributed by atoms with Crippen molar-refractivity contribution in [3.05, 3.63) is 12.7 Å². The summed E-state index contributed by atoms with van der Waals surface area (Å²) in [6.45, 7) is 5.24. The van der Waals surface area contributed by atoms with Crippen LogP contribution in [0.5, 0.6) is 0 Å². The van der Waals surface area contributed by atoms with Crippen molar-refractivity contribution in [2.45, 2.75) is 45.3 Å². The zero-order chi connectivity index (χ0) is 15.6. The third-order valence-corrected chi connectivity index (χ3v) is 3.13. The van der Waals surface area contributed by atoms with Gasteiger partial charge in [-0.1, -0.05) is 26.3 Å². The Morgan fingerprint density at radius 3 is 2.45 bits per heavy atom. The third kappa shape index (κ3) is 10.7. The molecule has 0 heterocycles. The quantitative estimate of drug-likeness (QED) is 0.208. The lowest BCUT2D eigenvalue weighted by molar-refractivity contribution is -0.185. The number of hydrogen-bond acceptors (Lipinski definition) is 5. The maximum Gasteiger partial charge on any atom is 0.333 e. The van der Waals surface area contributed by atoms with Crippen molar-refractivity contribution in [2.24, 2.45) is 0 Å². The summed E-state index contributed by atoms with van der Waals surface area (Å²) in [7, 11) is -4.25. The van der Waals surface area contributed by atoms with Crippen LogP contribution in [-0.2, 0) is 23.6 Å². The van der Waals surface area contributed by atoms with Gasteiger partial charge in [-0.25, -0.2) is 4.79 Å². The lowest BCUT2D eigenvalue weighted by atomic mass is 10.2. The van der Waals surface area contributed by atoms with E-state index < -0.39 is 38.4 Å². The molecule has 0 bridgehead atoms. The second kappa shape index (κ2) is 9.69. The van der Waals surface area contributed by atoms with Crippen LogP contribution in [0, 0.1) is 0 Å². The molecule has 0 aliphatic carbocycles. The molecule has 20 heavy (non-hydrogen) atoms. The second-order valence-electron chi connectivity index (χ2n) is 4.19. The summed E-state index contributed by atoms with van der Waals surface area (Å²) in [6, 6.07) is 0. The Balaban J connectivity index is 4.31. The van der Waals surface area contributed by atoms with Crippen molar-refractivity contribution in [2.75, 3.05) is 6.16 Å². The molecular weight excluding hydrogens is 287 g/mol. The van der Waals surface area contributed by atoms with Crippen LogP contribution in [0.4, 0.5) is 0 Å². The normalized spacial score (nSPS) is 12.6. The summed E-state index contributed by atoms with van der Waals surface area (Å²) in [5.74, 6) is -1.53. The van der Waals surface area contributed by atoms with Crippen LogP contribution in [0.15, 0.2) is 12.7 Å². The van der Waals surface area contributed by atoms with E-state index in [1.54, 1.807) is 0 Å². The molecule has 1 atom stereocenters. The molecule has 2 N–H and O–H groups in total. The highest BCUT2D eigenvalue weighted by molar-refractivity contribution is 7.51. The third-order valence-electron chi connectivity index (χ3n) is 2.33. The minimum atomic E-state index is -4.25. The Morgan fingerprint density at radius 1 is 1.30 bits per heavy atom. The van der Waals surface area contributed by atoms with Crippen LogP contribution < -0.4 is 0 Å². The van der Waals surface area contributed by atoms with Gasteiger partial charge in [0.25, 0.3) is 0 Å². The first-order chi connectivity index (χ1) is 9.28. The van der Waals surface area contributed by atoms with E-state index in [0.717, 1.165) is 18.9 Å². The molecule has 0 saturated carbocycles. The lowest BCUT2D eigenvalue weighted by Crippen LogP contribution is -2.24. The number of rotatable bonds is 10. The van der Waals surface area contributed by atoms with E-state index in [4.69, 9.17) is 19.3 Å². The molecule has 0 rings (SSSR count). The van der Waals surface area contributed by atoms with E-state index in [-0.39, 0.29) is 0 Å². The highest BCUT2D eigenvalue weighted by Crippen LogP contribution is 2.34. The van der Waals surface area contributed by atoms with Gasteiger partial charge >= 0.3 is 19.5 Å². The van der Waals surface area contributed by atoms with Gasteiger partial charge in [0.15, 0.2) is 0 Å². The van der Waals surface area contributed by atoms with Crippen LogP contribution >= 0.6 is 7.60 Å². The van der Waals surface area contributed by atoms with Crippen molar-refractivity contribution in [1.29, 1.82) is 0 Å². The number of hydrogen-bond donors (Lipinski definition) is 2. The molecule has 0 aliphatic rings. The molecule has 0 aromatic rings. The molecule has 7 nitrogen and oxygen atoms in total. The fourth-order valence-electron chi connectivity index (χ4n) is 1.32. The van der Waals surface area contributed by atoms with Crippen molar-refractivity contribution in [1.82, 2.24) is 0 Å². The standard InChI is InChI=1S/C12H21O7P/c1-3-5-6-7-12(18-10(13)4-2)19-11(14)8-9-20(15,16)17/h4,12H,2-3,5-9H2,1H3,(H2,15,16,17). The molecule has 0 aromatic heterocycles. The molecular formula is C12H21O7P. The van der Waals surface area contributed by atoms with E-state index in [9.17, 15) is 14.2 Å². The Hall–Kier alpha value is -1.17. The first-order valence-corrected chi connectivity index (χ1v) is 8.15. The molecule has 116 valence electrons. The summed E-state index contributed by atoms with van der Waals surface area (Å²) < 4.78 is 20.4. The fraction of sp³-hybridized carbons (Fsp3) is 0.667. The molecule has 1 unspecified atom stereocenters. The Kier molecular flexibility index (Phi) is 9.12. The average molecular weight is 308 g/mol. The minimum Gasteiger partial charge on any atom is -0.425 e. The number of ether oxygens (including phenoxy) is 2. The molecule has 0 fully saturated rings. The highest BCUT2D eigenvalue weighted by Gasteiger charge is 2.21. The Bertz CT molecular complexity index is 374. The number of carbonyl (C=O) groups is 2. The number of esters is 2. The van der Waals surface area contributed by atoms with Gasteiger partial charge in [-0.2, -0.15) is 0 Å². The van der Waals surface area contributed by atoms with Gasteiger partial charge in [-0.05, 0) is 6.42 Å². The van der Waals surface area contributed by atoms with Gasteiger partial charge in [0.2, 0.25) is 6.29 Å². The Morgan fingerprint density at radius 2 is 1.95 bits per heavy atom. The van der Waals surface area contributed by atoms with E-state index in [1.165, 1.54) is 0 Å². The molecule has 0 saturated heterocycles. The fourth-order valence-corrected chi connectivity index (χ4v) is 1.80. The largest absolute Gasteiger partial charge is 0.425 e. The van der Waals surface area contributed by atoms with Gasteiger partial charge in [-0.3, -0.25) is 9.36 Å². The van der Waals surface area contributed by atoms with Gasteiger partial charge in [0, 0.05) is 12.5 Å². The predicted octanol–water partition coefficient (Wildman–Crippen LogP) is 1.73. The monoisotopic (exact) mass is 308 g/mol. The van der Waals surface area contributed by atoms with Crippen molar-refractivity contribution in [3.63, 3.8) is 0 Å². The van der Waals surface area contributed by atoms with Crippen LogP contribution in [0.1, 0.15) is 39.0 Å². The van der Waals surface area contributed by atoms with E-state index >= 15 is 0 Å². The first kappa shape index (κ1) is 18.8. The summed E-state index contributed by atoms with van der Waals surface area (Å²) in [5.41, 5.74) is 0. The topological polar surface area (TPSA) is 110 Å². The zero-order valence-corrected chi connectivity index (χ0v) is 12.4. The number of unbranched alkanes of at least 4 members (excludes halogenated alkanes) is 2. The first-order valence-electron chi connectivity index (χ1n) is 6.35. The maximum absolute atomic E-state index is 11.4. The lowest BCUT2D eigenvalue weighted by Gasteiger charge is -2.17. The summed E-state index contributed by atoms with van der Waals surface area (Å²) in [5, 5.41) is 0. The van der Waals surface area contributed by atoms with Crippen LogP contribution in [0.25, 0.3) is 0 Å². The van der Waals surface area contributed by atoms with Crippen molar-refractivity contribution < 1.29 is 33.4 Å². The summed E-state index contributed by atoms with van der Waals surface area (Å²) >= 11 is 0. The zero-order valence-electron chi connectivity index (χ0n) is 11.5. The van der Waals surface area contributed by atoms with Crippen LogP contribution in [-0.4, -0.2) is 34.2 Å². The SMILES string of the molecule is C=CC(=O)OC(CCCCC)OC(=O)CCP(=O)(O)O. The number of carbonyl (C=O) groups excluding carboxylic acids is 2. The van der Waals surface area contributed by atoms with Crippen molar-refractivity contribution >= 4 is 19.5 Å². The second-order valence-corrected chi connectivity index (χ2v) is 5.97. The van der Waals surface area contributed by atoms with E-state index in [1.807, 2.05) is 6.92 Å². The van der Waals surface area contributed by atoms with E-state index in [2.05, 4.69) is 6.58 Å². The molecule has 0 amide bonds. The summed E-state index contributed by atoms with van der Waals surface area (Å²) in [6.07, 6.45) is 1.78. The van der Waals surface area contributed by atoms with Crippen molar-refractivity contribution in [3.8, 4) is 0 Å². The van der Waals surface area contributed by atoms with Gasteiger partial charge in [-0.15, -0.1) is 0 Å². The van der Waals surface area contributed by atoms with E-state index in [0.29, 0.717) is 12.8 Å². The molecule has 0 aliphatic heterocycles. The highest BCUT2D eigenvalue weighted by atomic mass is 31.2. The Labute approximate surface area is 118 Å². The van der Waals surface area contributed by atoms with Gasteiger partial charge < -0.3 is 19.3 Å². The van der Waals surface area contributed by atoms with Gasteiger partial charge in [0.05, 0.1) is 12.6 Å². The van der Waals surface area contributed by atoms with Crippen LogP contribution in [0.2, 0.25) is 0 Å². The van der Waals surface area contributed by atoms with Gasteiger partial charge in [0.1, 0.15) is 0 Å². The van der Waals surface area contributed by atoms with Crippen LogP contribution in [0.3, 0.4) is 0 Å².